The maximum absolute atomic E-state index is 11.9. The Morgan fingerprint density at radius 3 is 2.83 bits per heavy atom. The van der Waals surface area contributed by atoms with Crippen LogP contribution in [-0.4, -0.2) is 25.7 Å². The number of piperidine rings is 1. The average Bonchev–Trinajstić information content (AvgIpc) is 2.62. The summed E-state index contributed by atoms with van der Waals surface area (Å²) in [6, 6.07) is 10.0. The van der Waals surface area contributed by atoms with Crippen molar-refractivity contribution in [3.05, 3.63) is 58.1 Å². The molecule has 5 nitrogen and oxygen atoms in total. The van der Waals surface area contributed by atoms with Gasteiger partial charge in [-0.25, -0.2) is 0 Å². The number of nitrogens with zero attached hydrogens (tertiary/aromatic N) is 1. The Kier molecular flexibility index (Phi) is 5.20. The lowest BCUT2D eigenvalue weighted by Crippen LogP contribution is -2.33. The Morgan fingerprint density at radius 2 is 2.08 bits per heavy atom. The van der Waals surface area contributed by atoms with E-state index in [-0.39, 0.29) is 11.2 Å². The van der Waals surface area contributed by atoms with Crippen LogP contribution in [0.1, 0.15) is 36.6 Å². The second-order valence-electron chi connectivity index (χ2n) is 6.04. The lowest BCUT2D eigenvalue weighted by Gasteiger charge is -2.35. The number of likely N-dealkylation sites (tertiary alicyclic amines) is 1. The predicted molar refractivity (Wildman–Crippen MR) is 91.5 cm³/mol. The summed E-state index contributed by atoms with van der Waals surface area (Å²) in [6.45, 7) is 1.60. The van der Waals surface area contributed by atoms with Crippen molar-refractivity contribution in [2.75, 3.05) is 20.8 Å². The summed E-state index contributed by atoms with van der Waals surface area (Å²) < 4.78 is 15.9. The van der Waals surface area contributed by atoms with Gasteiger partial charge in [0.05, 0.1) is 20.8 Å². The molecule has 1 unspecified atom stereocenters. The van der Waals surface area contributed by atoms with Gasteiger partial charge in [0, 0.05) is 12.1 Å². The van der Waals surface area contributed by atoms with E-state index in [9.17, 15) is 4.79 Å². The molecule has 2 aromatic rings. The van der Waals surface area contributed by atoms with E-state index in [0.29, 0.717) is 18.3 Å². The van der Waals surface area contributed by atoms with Crippen LogP contribution in [0.2, 0.25) is 0 Å². The molecule has 1 aromatic heterocycles. The topological polar surface area (TPSA) is 51.9 Å². The first kappa shape index (κ1) is 16.6. The van der Waals surface area contributed by atoms with Crippen LogP contribution in [0.15, 0.2) is 45.8 Å². The summed E-state index contributed by atoms with van der Waals surface area (Å²) in [7, 11) is 3.15. The summed E-state index contributed by atoms with van der Waals surface area (Å²) in [4.78, 5) is 14.3. The van der Waals surface area contributed by atoms with Gasteiger partial charge in [-0.3, -0.25) is 9.69 Å². The monoisotopic (exact) mass is 329 g/mol. The molecular formula is C19H23NO4. The van der Waals surface area contributed by atoms with Crippen molar-refractivity contribution in [2.24, 2.45) is 0 Å². The van der Waals surface area contributed by atoms with Crippen LogP contribution in [0, 0.1) is 0 Å². The maximum atomic E-state index is 11.9. The van der Waals surface area contributed by atoms with E-state index in [2.05, 4.69) is 17.0 Å². The van der Waals surface area contributed by atoms with Crippen LogP contribution in [-0.2, 0) is 6.54 Å². The fourth-order valence-corrected chi connectivity index (χ4v) is 3.28. The maximum Gasteiger partial charge on any atom is 0.227 e. The molecule has 1 fully saturated rings. The minimum atomic E-state index is -0.145. The molecule has 2 heterocycles. The van der Waals surface area contributed by atoms with E-state index in [0.717, 1.165) is 25.1 Å². The molecule has 0 N–H and O–H groups in total. The van der Waals surface area contributed by atoms with Gasteiger partial charge in [0.1, 0.15) is 17.8 Å². The third-order valence-electron chi connectivity index (χ3n) is 4.52. The van der Waals surface area contributed by atoms with Crippen molar-refractivity contribution in [3.8, 4) is 11.5 Å². The Bertz CT molecular complexity index is 740. The third-order valence-corrected chi connectivity index (χ3v) is 4.52. The quantitative estimate of drug-likeness (QED) is 0.842. The Balaban J connectivity index is 1.81. The molecule has 3 rings (SSSR count). The van der Waals surface area contributed by atoms with Gasteiger partial charge in [0.2, 0.25) is 11.2 Å². The van der Waals surface area contributed by atoms with E-state index in [4.69, 9.17) is 13.9 Å². The molecule has 0 aliphatic carbocycles. The third kappa shape index (κ3) is 3.62. The molecule has 0 radical (unpaired) electrons. The fraction of sp³-hybridized carbons (Fsp3) is 0.421. The first-order chi connectivity index (χ1) is 11.7. The summed E-state index contributed by atoms with van der Waals surface area (Å²) in [5.74, 6) is 1.77. The number of rotatable bonds is 5. The van der Waals surface area contributed by atoms with E-state index in [1.54, 1.807) is 7.11 Å². The van der Waals surface area contributed by atoms with Gasteiger partial charge in [-0.1, -0.05) is 18.6 Å². The van der Waals surface area contributed by atoms with Gasteiger partial charge < -0.3 is 13.9 Å². The van der Waals surface area contributed by atoms with Crippen LogP contribution in [0.25, 0.3) is 0 Å². The molecule has 1 aliphatic heterocycles. The molecular weight excluding hydrogens is 306 g/mol. The Labute approximate surface area is 141 Å². The van der Waals surface area contributed by atoms with Gasteiger partial charge in [-0.05, 0) is 37.1 Å². The van der Waals surface area contributed by atoms with Gasteiger partial charge in [-0.15, -0.1) is 0 Å². The zero-order valence-corrected chi connectivity index (χ0v) is 14.2. The first-order valence-corrected chi connectivity index (χ1v) is 8.25. The molecule has 1 saturated heterocycles. The molecule has 0 amide bonds. The van der Waals surface area contributed by atoms with Crippen LogP contribution < -0.4 is 14.9 Å². The second kappa shape index (κ2) is 7.53. The van der Waals surface area contributed by atoms with Gasteiger partial charge in [0.25, 0.3) is 0 Å². The smallest absolute Gasteiger partial charge is 0.227 e. The number of benzene rings is 1. The van der Waals surface area contributed by atoms with Gasteiger partial charge in [0.15, 0.2) is 0 Å². The fourth-order valence-electron chi connectivity index (χ4n) is 3.28. The Hall–Kier alpha value is -2.27. The summed E-state index contributed by atoms with van der Waals surface area (Å²) in [5, 5.41) is 0. The summed E-state index contributed by atoms with van der Waals surface area (Å²) in [6.07, 6.45) is 4.83. The number of hydrogen-bond acceptors (Lipinski definition) is 5. The second-order valence-corrected chi connectivity index (χ2v) is 6.04. The highest BCUT2D eigenvalue weighted by atomic mass is 16.5. The zero-order valence-electron chi connectivity index (χ0n) is 14.2. The van der Waals surface area contributed by atoms with Crippen molar-refractivity contribution in [1.82, 2.24) is 4.90 Å². The number of hydrogen-bond donors (Lipinski definition) is 0. The molecule has 0 spiro atoms. The summed E-state index contributed by atoms with van der Waals surface area (Å²) in [5.41, 5.74) is 1.10. The predicted octanol–water partition coefficient (Wildman–Crippen LogP) is 3.38. The molecule has 5 heteroatoms. The highest BCUT2D eigenvalue weighted by Crippen LogP contribution is 2.33. The molecule has 1 aliphatic rings. The standard InChI is InChI=1S/C19H23NO4/c1-22-15-7-5-6-14(10-15)17-8-3-4-9-20(17)12-16-11-18(21)19(23-2)13-24-16/h5-7,10-11,13,17H,3-4,8-9,12H2,1-2H3. The van der Waals surface area contributed by atoms with Crippen molar-refractivity contribution < 1.29 is 13.9 Å². The lowest BCUT2D eigenvalue weighted by atomic mass is 9.95. The van der Waals surface area contributed by atoms with E-state index < -0.39 is 0 Å². The molecule has 1 aromatic carbocycles. The largest absolute Gasteiger partial charge is 0.497 e. The molecule has 0 bridgehead atoms. The minimum absolute atomic E-state index is 0.145. The van der Waals surface area contributed by atoms with Crippen LogP contribution in [0.4, 0.5) is 0 Å². The highest BCUT2D eigenvalue weighted by molar-refractivity contribution is 5.31. The molecule has 0 saturated carbocycles. The first-order valence-electron chi connectivity index (χ1n) is 8.25. The number of ether oxygens (including phenoxy) is 2. The Morgan fingerprint density at radius 1 is 1.21 bits per heavy atom. The summed E-state index contributed by atoms with van der Waals surface area (Å²) >= 11 is 0. The van der Waals surface area contributed by atoms with Crippen LogP contribution in [0.3, 0.4) is 0 Å². The minimum Gasteiger partial charge on any atom is -0.497 e. The van der Waals surface area contributed by atoms with Crippen molar-refractivity contribution >= 4 is 0 Å². The normalized spacial score (nSPS) is 18.3. The molecule has 128 valence electrons. The lowest BCUT2D eigenvalue weighted by molar-refractivity contribution is 0.129. The van der Waals surface area contributed by atoms with Crippen molar-refractivity contribution in [2.45, 2.75) is 31.8 Å². The molecule has 1 atom stereocenters. The average molecular weight is 329 g/mol. The van der Waals surface area contributed by atoms with Crippen molar-refractivity contribution in [1.29, 1.82) is 0 Å². The van der Waals surface area contributed by atoms with Crippen LogP contribution in [0.5, 0.6) is 11.5 Å². The van der Waals surface area contributed by atoms with Gasteiger partial charge >= 0.3 is 0 Å². The van der Waals surface area contributed by atoms with Crippen molar-refractivity contribution in [3.63, 3.8) is 0 Å². The number of methoxy groups -OCH3 is 2. The zero-order chi connectivity index (χ0) is 16.9. The van der Waals surface area contributed by atoms with Gasteiger partial charge in [-0.2, -0.15) is 0 Å². The van der Waals surface area contributed by atoms with E-state index >= 15 is 0 Å². The molecule has 24 heavy (non-hydrogen) atoms. The SMILES string of the molecule is COc1cccc(C2CCCCN2Cc2cc(=O)c(OC)co2)c1. The van der Waals surface area contributed by atoms with E-state index in [1.165, 1.54) is 31.4 Å². The highest BCUT2D eigenvalue weighted by Gasteiger charge is 2.25. The van der Waals surface area contributed by atoms with E-state index in [1.807, 2.05) is 12.1 Å². The van der Waals surface area contributed by atoms with Crippen LogP contribution >= 0.6 is 0 Å².